The van der Waals surface area contributed by atoms with Gasteiger partial charge < -0.3 is 14.9 Å². The van der Waals surface area contributed by atoms with Crippen molar-refractivity contribution in [2.75, 3.05) is 6.54 Å². The number of hydrogen-bond acceptors (Lipinski definition) is 5. The van der Waals surface area contributed by atoms with Crippen LogP contribution in [0.3, 0.4) is 0 Å². The molecule has 20 heavy (non-hydrogen) atoms. The molecule has 0 aromatic carbocycles. The number of amides is 1. The molecule has 2 rings (SSSR count). The minimum absolute atomic E-state index is 0.187. The van der Waals surface area contributed by atoms with Gasteiger partial charge in [0.05, 0.1) is 11.8 Å². The average Bonchev–Trinajstić information content (AvgIpc) is 3.07. The minimum Gasteiger partial charge on any atom is -0.481 e. The number of carbonyl (C=O) groups excluding carboxylic acids is 1. The summed E-state index contributed by atoms with van der Waals surface area (Å²) >= 11 is 0. The van der Waals surface area contributed by atoms with Crippen LogP contribution in [0.25, 0.3) is 0 Å². The Morgan fingerprint density at radius 2 is 2.20 bits per heavy atom. The molecule has 1 fully saturated rings. The molecular formula is C13H19N3O4. The van der Waals surface area contributed by atoms with E-state index in [2.05, 4.69) is 15.5 Å². The third-order valence-corrected chi connectivity index (χ3v) is 3.94. The van der Waals surface area contributed by atoms with E-state index in [1.54, 1.807) is 0 Å². The molecule has 7 heteroatoms. The van der Waals surface area contributed by atoms with Crippen LogP contribution in [-0.2, 0) is 16.0 Å². The van der Waals surface area contributed by atoms with Crippen LogP contribution >= 0.6 is 0 Å². The SMILES string of the molecule is CCC1CC(C(=O)O)C(C(=O)NCCc2ncno2)C1. The smallest absolute Gasteiger partial charge is 0.307 e. The summed E-state index contributed by atoms with van der Waals surface area (Å²) in [5.41, 5.74) is 0. The first-order chi connectivity index (χ1) is 9.61. The summed E-state index contributed by atoms with van der Waals surface area (Å²) in [7, 11) is 0. The van der Waals surface area contributed by atoms with E-state index in [1.807, 2.05) is 6.92 Å². The second-order valence-corrected chi connectivity index (χ2v) is 5.17. The van der Waals surface area contributed by atoms with Crippen LogP contribution in [0.15, 0.2) is 10.9 Å². The molecule has 1 saturated carbocycles. The number of aromatic nitrogens is 2. The molecule has 0 radical (unpaired) electrons. The quantitative estimate of drug-likeness (QED) is 0.801. The molecule has 7 nitrogen and oxygen atoms in total. The first-order valence-corrected chi connectivity index (χ1v) is 6.87. The van der Waals surface area contributed by atoms with Crippen LogP contribution in [0.5, 0.6) is 0 Å². The number of carbonyl (C=O) groups is 2. The number of carboxylic acid groups (broad SMARTS) is 1. The number of hydrogen-bond donors (Lipinski definition) is 2. The summed E-state index contributed by atoms with van der Waals surface area (Å²) in [6, 6.07) is 0. The summed E-state index contributed by atoms with van der Waals surface area (Å²) in [6.07, 6.45) is 3.91. The maximum atomic E-state index is 12.1. The summed E-state index contributed by atoms with van der Waals surface area (Å²) in [6.45, 7) is 2.40. The Balaban J connectivity index is 1.85. The predicted octanol–water partition coefficient (Wildman–Crippen LogP) is 0.865. The first-order valence-electron chi connectivity index (χ1n) is 6.87. The second kappa shape index (κ2) is 6.49. The maximum Gasteiger partial charge on any atom is 0.307 e. The van der Waals surface area contributed by atoms with Crippen molar-refractivity contribution in [2.45, 2.75) is 32.6 Å². The van der Waals surface area contributed by atoms with Crippen LogP contribution in [0.1, 0.15) is 32.1 Å². The van der Waals surface area contributed by atoms with Crippen molar-refractivity contribution in [1.29, 1.82) is 0 Å². The van der Waals surface area contributed by atoms with Gasteiger partial charge in [-0.2, -0.15) is 4.98 Å². The second-order valence-electron chi connectivity index (χ2n) is 5.17. The van der Waals surface area contributed by atoms with Crippen molar-refractivity contribution < 1.29 is 19.2 Å². The van der Waals surface area contributed by atoms with E-state index in [0.717, 1.165) is 6.42 Å². The van der Waals surface area contributed by atoms with Crippen LogP contribution in [0, 0.1) is 17.8 Å². The van der Waals surface area contributed by atoms with Gasteiger partial charge in [-0.15, -0.1) is 0 Å². The highest BCUT2D eigenvalue weighted by atomic mass is 16.5. The summed E-state index contributed by atoms with van der Waals surface area (Å²) in [5.74, 6) is -1.28. The predicted molar refractivity (Wildman–Crippen MR) is 68.6 cm³/mol. The zero-order chi connectivity index (χ0) is 14.5. The van der Waals surface area contributed by atoms with Gasteiger partial charge in [0.15, 0.2) is 6.33 Å². The van der Waals surface area contributed by atoms with E-state index < -0.39 is 17.8 Å². The standard InChI is InChI=1S/C13H19N3O4/c1-2-8-5-9(10(6-8)13(18)19)12(17)14-4-3-11-15-7-16-20-11/h7-10H,2-6H2,1H3,(H,14,17)(H,18,19). The lowest BCUT2D eigenvalue weighted by Gasteiger charge is -2.15. The Morgan fingerprint density at radius 1 is 1.45 bits per heavy atom. The molecule has 110 valence electrons. The molecule has 0 saturated heterocycles. The van der Waals surface area contributed by atoms with Crippen LogP contribution in [-0.4, -0.2) is 33.7 Å². The van der Waals surface area contributed by atoms with Gasteiger partial charge in [0, 0.05) is 13.0 Å². The van der Waals surface area contributed by atoms with Gasteiger partial charge in [-0.1, -0.05) is 18.5 Å². The monoisotopic (exact) mass is 281 g/mol. The first kappa shape index (κ1) is 14.5. The number of carboxylic acids is 1. The molecule has 1 aromatic heterocycles. The molecule has 3 unspecified atom stereocenters. The van der Waals surface area contributed by atoms with Gasteiger partial charge in [0.1, 0.15) is 0 Å². The van der Waals surface area contributed by atoms with Crippen molar-refractivity contribution in [3.63, 3.8) is 0 Å². The fourth-order valence-corrected chi connectivity index (χ4v) is 2.77. The van der Waals surface area contributed by atoms with E-state index in [1.165, 1.54) is 6.33 Å². The van der Waals surface area contributed by atoms with Gasteiger partial charge in [-0.05, 0) is 18.8 Å². The van der Waals surface area contributed by atoms with Crippen molar-refractivity contribution in [1.82, 2.24) is 15.5 Å². The van der Waals surface area contributed by atoms with E-state index >= 15 is 0 Å². The normalized spacial score (nSPS) is 25.6. The fourth-order valence-electron chi connectivity index (χ4n) is 2.77. The van der Waals surface area contributed by atoms with Crippen molar-refractivity contribution in [3.05, 3.63) is 12.2 Å². The third-order valence-electron chi connectivity index (χ3n) is 3.94. The summed E-state index contributed by atoms with van der Waals surface area (Å²) < 4.78 is 4.83. The Kier molecular flexibility index (Phi) is 4.70. The molecule has 0 bridgehead atoms. The largest absolute Gasteiger partial charge is 0.481 e. The zero-order valence-corrected chi connectivity index (χ0v) is 11.4. The zero-order valence-electron chi connectivity index (χ0n) is 11.4. The van der Waals surface area contributed by atoms with Crippen molar-refractivity contribution in [3.8, 4) is 0 Å². The molecule has 1 aliphatic carbocycles. The van der Waals surface area contributed by atoms with E-state index in [-0.39, 0.29) is 5.91 Å². The average molecular weight is 281 g/mol. The molecule has 1 amide bonds. The number of nitrogens with one attached hydrogen (secondary N) is 1. The molecule has 2 N–H and O–H groups in total. The van der Waals surface area contributed by atoms with Crippen LogP contribution < -0.4 is 5.32 Å². The van der Waals surface area contributed by atoms with E-state index in [4.69, 9.17) is 4.52 Å². The number of rotatable bonds is 6. The van der Waals surface area contributed by atoms with Gasteiger partial charge in [-0.3, -0.25) is 9.59 Å². The Morgan fingerprint density at radius 3 is 2.80 bits per heavy atom. The molecule has 0 aliphatic heterocycles. The molecule has 0 spiro atoms. The van der Waals surface area contributed by atoms with Crippen LogP contribution in [0.4, 0.5) is 0 Å². The highest BCUT2D eigenvalue weighted by molar-refractivity contribution is 5.85. The molecule has 1 aliphatic rings. The number of nitrogens with zero attached hydrogens (tertiary/aromatic N) is 2. The molecule has 1 heterocycles. The third kappa shape index (κ3) is 3.34. The van der Waals surface area contributed by atoms with E-state index in [0.29, 0.717) is 37.6 Å². The Bertz CT molecular complexity index is 460. The minimum atomic E-state index is -0.877. The lowest BCUT2D eigenvalue weighted by molar-refractivity contribution is -0.146. The maximum absolute atomic E-state index is 12.1. The molecule has 3 atom stereocenters. The summed E-state index contributed by atoms with van der Waals surface area (Å²) in [4.78, 5) is 27.2. The lowest BCUT2D eigenvalue weighted by atomic mass is 9.95. The fraction of sp³-hybridized carbons (Fsp3) is 0.692. The van der Waals surface area contributed by atoms with E-state index in [9.17, 15) is 14.7 Å². The van der Waals surface area contributed by atoms with Gasteiger partial charge in [0.2, 0.25) is 11.8 Å². The number of aliphatic carboxylic acids is 1. The van der Waals surface area contributed by atoms with Gasteiger partial charge in [0.25, 0.3) is 0 Å². The van der Waals surface area contributed by atoms with Crippen LogP contribution in [0.2, 0.25) is 0 Å². The highest BCUT2D eigenvalue weighted by Crippen LogP contribution is 2.38. The lowest BCUT2D eigenvalue weighted by Crippen LogP contribution is -2.36. The van der Waals surface area contributed by atoms with Crippen molar-refractivity contribution >= 4 is 11.9 Å². The highest BCUT2D eigenvalue weighted by Gasteiger charge is 2.41. The van der Waals surface area contributed by atoms with Gasteiger partial charge >= 0.3 is 5.97 Å². The Hall–Kier alpha value is -1.92. The topological polar surface area (TPSA) is 105 Å². The molecule has 1 aromatic rings. The summed E-state index contributed by atoms with van der Waals surface area (Å²) in [5, 5.41) is 15.4. The van der Waals surface area contributed by atoms with Gasteiger partial charge in [-0.25, -0.2) is 0 Å². The Labute approximate surface area is 116 Å². The van der Waals surface area contributed by atoms with Crippen molar-refractivity contribution in [2.24, 2.45) is 17.8 Å². The molecular weight excluding hydrogens is 262 g/mol.